The molecule has 1 saturated heterocycles. The Hall–Kier alpha value is -2.47. The number of benzene rings is 2. The molecule has 1 aliphatic heterocycles. The van der Waals surface area contributed by atoms with Crippen LogP contribution >= 0.6 is 11.6 Å². The van der Waals surface area contributed by atoms with Crippen molar-refractivity contribution in [3.8, 4) is 0 Å². The Morgan fingerprint density at radius 2 is 1.65 bits per heavy atom. The Morgan fingerprint density at radius 3 is 2.19 bits per heavy atom. The summed E-state index contributed by atoms with van der Waals surface area (Å²) in [6.45, 7) is 4.87. The van der Waals surface area contributed by atoms with E-state index in [0.717, 1.165) is 25.0 Å². The zero-order chi connectivity index (χ0) is 21.8. The van der Waals surface area contributed by atoms with E-state index in [9.17, 15) is 18.4 Å². The van der Waals surface area contributed by atoms with Gasteiger partial charge in [-0.05, 0) is 60.6 Å². The highest BCUT2D eigenvalue weighted by Gasteiger charge is 2.32. The highest BCUT2D eigenvalue weighted by Crippen LogP contribution is 2.29. The van der Waals surface area contributed by atoms with Crippen molar-refractivity contribution >= 4 is 23.4 Å². The van der Waals surface area contributed by atoms with E-state index in [1.165, 1.54) is 11.6 Å². The molecule has 1 fully saturated rings. The molecule has 3 rings (SSSR count). The molecule has 7 heteroatoms. The van der Waals surface area contributed by atoms with Crippen LogP contribution in [0.4, 0.5) is 8.78 Å². The van der Waals surface area contributed by atoms with Gasteiger partial charge in [-0.1, -0.05) is 45.0 Å². The Balaban J connectivity index is 0.00000341. The second-order valence-corrected chi connectivity index (χ2v) is 8.41. The summed E-state index contributed by atoms with van der Waals surface area (Å²) in [6.07, 6.45) is 1.66. The molecule has 1 N–H and O–H groups in total. The number of rotatable bonds is 5. The molecule has 0 saturated carbocycles. The normalized spacial score (nSPS) is 15.4. The van der Waals surface area contributed by atoms with Crippen molar-refractivity contribution in [1.29, 1.82) is 0 Å². The van der Waals surface area contributed by atoms with Gasteiger partial charge in [0, 0.05) is 23.7 Å². The summed E-state index contributed by atoms with van der Waals surface area (Å²) < 4.78 is 26.6. The Bertz CT molecular complexity index is 910. The van der Waals surface area contributed by atoms with Crippen LogP contribution in [0.3, 0.4) is 0 Å². The van der Waals surface area contributed by atoms with Crippen LogP contribution in [-0.4, -0.2) is 35.8 Å². The van der Waals surface area contributed by atoms with E-state index in [1.807, 2.05) is 38.1 Å². The molecule has 4 nitrogen and oxygen atoms in total. The van der Waals surface area contributed by atoms with Crippen LogP contribution in [0.1, 0.15) is 56.0 Å². The fourth-order valence-corrected chi connectivity index (χ4v) is 3.87. The second-order valence-electron chi connectivity index (χ2n) is 7.98. The average molecular weight is 451 g/mol. The fraction of sp³-hybridized carbons (Fsp3) is 0.417. The topological polar surface area (TPSA) is 49.4 Å². The minimum absolute atomic E-state index is 0. The van der Waals surface area contributed by atoms with Gasteiger partial charge in [-0.2, -0.15) is 0 Å². The number of likely N-dealkylation sites (tertiary alicyclic amines) is 1. The van der Waals surface area contributed by atoms with Crippen LogP contribution in [0.25, 0.3) is 0 Å². The van der Waals surface area contributed by atoms with E-state index in [-0.39, 0.29) is 24.8 Å². The number of nitrogens with one attached hydrogen (secondary N) is 1. The standard InChI is InChI=1S/C23H25ClF2N2O2.CH4/c1-14(2)21(27-22(29)17-5-8-19(25)20(26)13-17)23(30)28-11-9-16(10-12-28)15-3-6-18(24)7-4-15;/h3-8,13-14,16,21H,9-12H2,1-2H3,(H,27,29);1H4/t21-;/m1./s1. The first kappa shape index (κ1) is 24.8. The van der Waals surface area contributed by atoms with Gasteiger partial charge in [0.05, 0.1) is 0 Å². The zero-order valence-corrected chi connectivity index (χ0v) is 17.8. The lowest BCUT2D eigenvalue weighted by atomic mass is 9.89. The predicted octanol–water partition coefficient (Wildman–Crippen LogP) is 5.41. The average Bonchev–Trinajstić information content (AvgIpc) is 2.74. The summed E-state index contributed by atoms with van der Waals surface area (Å²) in [5.41, 5.74) is 1.19. The van der Waals surface area contributed by atoms with Crippen LogP contribution < -0.4 is 5.32 Å². The number of carbonyl (C=O) groups is 2. The van der Waals surface area contributed by atoms with E-state index < -0.39 is 23.6 Å². The van der Waals surface area contributed by atoms with E-state index in [4.69, 9.17) is 11.6 Å². The summed E-state index contributed by atoms with van der Waals surface area (Å²) in [5, 5.41) is 3.39. The van der Waals surface area contributed by atoms with Gasteiger partial charge in [-0.3, -0.25) is 9.59 Å². The first-order chi connectivity index (χ1) is 14.3. The molecule has 1 heterocycles. The number of piperidine rings is 1. The van der Waals surface area contributed by atoms with Gasteiger partial charge in [0.25, 0.3) is 5.91 Å². The quantitative estimate of drug-likeness (QED) is 0.661. The van der Waals surface area contributed by atoms with Crippen LogP contribution in [0, 0.1) is 17.6 Å². The first-order valence-electron chi connectivity index (χ1n) is 10.1. The third-order valence-corrected chi connectivity index (χ3v) is 5.80. The van der Waals surface area contributed by atoms with Crippen molar-refractivity contribution in [2.45, 2.75) is 46.1 Å². The molecule has 0 bridgehead atoms. The zero-order valence-electron chi connectivity index (χ0n) is 17.0. The van der Waals surface area contributed by atoms with Crippen molar-refractivity contribution in [1.82, 2.24) is 10.2 Å². The van der Waals surface area contributed by atoms with Gasteiger partial charge in [0.15, 0.2) is 11.6 Å². The molecule has 0 aliphatic carbocycles. The SMILES string of the molecule is C.CC(C)[C@@H](NC(=O)c1ccc(F)c(F)c1)C(=O)N1CCC(c2ccc(Cl)cc2)CC1. The number of halogens is 3. The lowest BCUT2D eigenvalue weighted by molar-refractivity contribution is -0.135. The smallest absolute Gasteiger partial charge is 0.252 e. The van der Waals surface area contributed by atoms with Gasteiger partial charge in [-0.25, -0.2) is 8.78 Å². The predicted molar refractivity (Wildman–Crippen MR) is 119 cm³/mol. The van der Waals surface area contributed by atoms with Crippen LogP contribution in [0.5, 0.6) is 0 Å². The van der Waals surface area contributed by atoms with Gasteiger partial charge in [-0.15, -0.1) is 0 Å². The Kier molecular flexibility index (Phi) is 8.57. The highest BCUT2D eigenvalue weighted by atomic mass is 35.5. The van der Waals surface area contributed by atoms with E-state index in [0.29, 0.717) is 24.0 Å². The van der Waals surface area contributed by atoms with Gasteiger partial charge < -0.3 is 10.2 Å². The van der Waals surface area contributed by atoms with Crippen LogP contribution in [-0.2, 0) is 4.79 Å². The maximum atomic E-state index is 13.4. The summed E-state index contributed by atoms with van der Waals surface area (Å²) in [4.78, 5) is 27.3. The molecule has 168 valence electrons. The van der Waals surface area contributed by atoms with Crippen LogP contribution in [0.15, 0.2) is 42.5 Å². The second kappa shape index (κ2) is 10.7. The molecule has 2 aromatic carbocycles. The Morgan fingerprint density at radius 1 is 1.03 bits per heavy atom. The molecule has 0 spiro atoms. The highest BCUT2D eigenvalue weighted by molar-refractivity contribution is 6.30. The molecular weight excluding hydrogens is 422 g/mol. The molecule has 0 radical (unpaired) electrons. The molecular formula is C24H29ClF2N2O2. The number of amides is 2. The van der Waals surface area contributed by atoms with Gasteiger partial charge in [0.2, 0.25) is 5.91 Å². The number of hydrogen-bond acceptors (Lipinski definition) is 2. The van der Waals surface area contributed by atoms with Crippen LogP contribution in [0.2, 0.25) is 5.02 Å². The van der Waals surface area contributed by atoms with Crippen molar-refractivity contribution in [3.63, 3.8) is 0 Å². The van der Waals surface area contributed by atoms with Crippen molar-refractivity contribution in [3.05, 3.63) is 70.2 Å². The molecule has 0 aromatic heterocycles. The number of nitrogens with zero attached hydrogens (tertiary/aromatic N) is 1. The summed E-state index contributed by atoms with van der Waals surface area (Å²) in [6, 6.07) is 9.98. The number of hydrogen-bond donors (Lipinski definition) is 1. The van der Waals surface area contributed by atoms with Crippen molar-refractivity contribution in [2.24, 2.45) is 5.92 Å². The summed E-state index contributed by atoms with van der Waals surface area (Å²) >= 11 is 5.96. The van der Waals surface area contributed by atoms with E-state index in [1.54, 1.807) is 4.90 Å². The molecule has 1 atom stereocenters. The third kappa shape index (κ3) is 6.03. The monoisotopic (exact) mass is 450 g/mol. The van der Waals surface area contributed by atoms with E-state index >= 15 is 0 Å². The van der Waals surface area contributed by atoms with E-state index in [2.05, 4.69) is 5.32 Å². The molecule has 2 aromatic rings. The largest absolute Gasteiger partial charge is 0.341 e. The summed E-state index contributed by atoms with van der Waals surface area (Å²) in [7, 11) is 0. The lowest BCUT2D eigenvalue weighted by Crippen LogP contribution is -2.52. The van der Waals surface area contributed by atoms with Crippen molar-refractivity contribution in [2.75, 3.05) is 13.1 Å². The maximum absolute atomic E-state index is 13.4. The minimum Gasteiger partial charge on any atom is -0.341 e. The van der Waals surface area contributed by atoms with Crippen molar-refractivity contribution < 1.29 is 18.4 Å². The molecule has 2 amide bonds. The Labute approximate surface area is 187 Å². The summed E-state index contributed by atoms with van der Waals surface area (Å²) in [5.74, 6) is -2.67. The molecule has 0 unspecified atom stereocenters. The minimum atomic E-state index is -1.10. The van der Waals surface area contributed by atoms with Gasteiger partial charge in [0.1, 0.15) is 6.04 Å². The maximum Gasteiger partial charge on any atom is 0.252 e. The molecule has 1 aliphatic rings. The first-order valence-corrected chi connectivity index (χ1v) is 10.4. The third-order valence-electron chi connectivity index (χ3n) is 5.55. The lowest BCUT2D eigenvalue weighted by Gasteiger charge is -2.35. The number of carbonyl (C=O) groups excluding carboxylic acids is 2. The van der Waals surface area contributed by atoms with Gasteiger partial charge >= 0.3 is 0 Å². The molecule has 31 heavy (non-hydrogen) atoms. The fourth-order valence-electron chi connectivity index (χ4n) is 3.74.